The lowest BCUT2D eigenvalue weighted by Gasteiger charge is -2.16. The van der Waals surface area contributed by atoms with Crippen molar-refractivity contribution >= 4 is 12.0 Å². The van der Waals surface area contributed by atoms with Crippen LogP contribution < -0.4 is 10.6 Å². The van der Waals surface area contributed by atoms with E-state index in [1.807, 2.05) is 7.05 Å². The molecule has 0 saturated carbocycles. The molecule has 0 fully saturated rings. The Morgan fingerprint density at radius 3 is 2.58 bits per heavy atom. The lowest BCUT2D eigenvalue weighted by atomic mass is 10.1. The number of hydrogen-bond acceptors (Lipinski definition) is 4. The van der Waals surface area contributed by atoms with Crippen LogP contribution in [0.5, 0.6) is 0 Å². The first-order valence-electron chi connectivity index (χ1n) is 6.36. The largest absolute Gasteiger partial charge is 0.481 e. The number of carboxylic acid groups (broad SMARTS) is 1. The van der Waals surface area contributed by atoms with E-state index in [0.717, 1.165) is 13.1 Å². The average molecular weight is 275 g/mol. The van der Waals surface area contributed by atoms with Gasteiger partial charge >= 0.3 is 12.0 Å². The summed E-state index contributed by atoms with van der Waals surface area (Å²) in [6.45, 7) is 4.90. The van der Waals surface area contributed by atoms with Crippen molar-refractivity contribution in [3.05, 3.63) is 0 Å². The Morgan fingerprint density at radius 1 is 1.32 bits per heavy atom. The second kappa shape index (κ2) is 10.6. The number of likely N-dealkylation sites (N-methyl/N-ethyl adjacent to an activating group) is 1. The Kier molecular flexibility index (Phi) is 9.82. The minimum absolute atomic E-state index is 0.0556. The van der Waals surface area contributed by atoms with Crippen LogP contribution in [0.4, 0.5) is 4.79 Å². The molecule has 0 aliphatic heterocycles. The molecular weight excluding hydrogens is 250 g/mol. The monoisotopic (exact) mass is 275 g/mol. The first-order chi connectivity index (χ1) is 8.95. The number of hydrogen-bond donors (Lipinski definition) is 3. The third-order valence-electron chi connectivity index (χ3n) is 2.59. The Hall–Kier alpha value is -1.34. The fourth-order valence-electron chi connectivity index (χ4n) is 1.42. The van der Waals surface area contributed by atoms with Gasteiger partial charge in [-0.1, -0.05) is 6.92 Å². The first kappa shape index (κ1) is 17.7. The molecule has 0 aromatic heterocycles. The molecule has 1 unspecified atom stereocenters. The van der Waals surface area contributed by atoms with Gasteiger partial charge in [0.05, 0.1) is 6.61 Å². The number of rotatable bonds is 10. The standard InChI is InChI=1S/C12H25N3O4/c1-10(8-11(16)17)9-14-12(18)13-4-5-15(2)6-7-19-3/h10H,4-9H2,1-3H3,(H,16,17)(H2,13,14,18). The van der Waals surface area contributed by atoms with Gasteiger partial charge in [-0.15, -0.1) is 0 Å². The third kappa shape index (κ3) is 11.5. The van der Waals surface area contributed by atoms with Gasteiger partial charge in [-0.05, 0) is 13.0 Å². The SMILES string of the molecule is COCCN(C)CCNC(=O)NCC(C)CC(=O)O. The van der Waals surface area contributed by atoms with E-state index in [2.05, 4.69) is 15.5 Å². The topological polar surface area (TPSA) is 90.9 Å². The fraction of sp³-hybridized carbons (Fsp3) is 0.833. The number of carbonyl (C=O) groups is 2. The third-order valence-corrected chi connectivity index (χ3v) is 2.59. The molecule has 0 heterocycles. The van der Waals surface area contributed by atoms with Crippen LogP contribution in [0.25, 0.3) is 0 Å². The van der Waals surface area contributed by atoms with E-state index < -0.39 is 5.97 Å². The molecular formula is C12H25N3O4. The number of carbonyl (C=O) groups excluding carboxylic acids is 1. The molecule has 0 bridgehead atoms. The van der Waals surface area contributed by atoms with Crippen molar-refractivity contribution in [2.45, 2.75) is 13.3 Å². The summed E-state index contributed by atoms with van der Waals surface area (Å²) in [5.41, 5.74) is 0. The molecule has 1 atom stereocenters. The number of nitrogens with zero attached hydrogens (tertiary/aromatic N) is 1. The van der Waals surface area contributed by atoms with E-state index in [4.69, 9.17) is 9.84 Å². The van der Waals surface area contributed by atoms with Crippen LogP contribution >= 0.6 is 0 Å². The van der Waals surface area contributed by atoms with Crippen molar-refractivity contribution in [2.24, 2.45) is 5.92 Å². The van der Waals surface area contributed by atoms with Crippen molar-refractivity contribution in [3.8, 4) is 0 Å². The summed E-state index contributed by atoms with van der Waals surface area (Å²) in [7, 11) is 3.60. The van der Waals surface area contributed by atoms with Gasteiger partial charge < -0.3 is 25.4 Å². The van der Waals surface area contributed by atoms with Crippen molar-refractivity contribution in [1.82, 2.24) is 15.5 Å². The Labute approximate surface area is 114 Å². The zero-order valence-electron chi connectivity index (χ0n) is 11.9. The zero-order chi connectivity index (χ0) is 14.7. The Bertz CT molecular complexity index is 274. The first-order valence-corrected chi connectivity index (χ1v) is 6.36. The molecule has 112 valence electrons. The highest BCUT2D eigenvalue weighted by Crippen LogP contribution is 1.98. The van der Waals surface area contributed by atoms with Crippen molar-refractivity contribution in [2.75, 3.05) is 46.9 Å². The van der Waals surface area contributed by atoms with Gasteiger partial charge in [-0.25, -0.2) is 4.79 Å². The van der Waals surface area contributed by atoms with Gasteiger partial charge in [0.15, 0.2) is 0 Å². The summed E-state index contributed by atoms with van der Waals surface area (Å²) in [5, 5.41) is 13.9. The highest BCUT2D eigenvalue weighted by Gasteiger charge is 2.09. The number of nitrogens with one attached hydrogen (secondary N) is 2. The summed E-state index contributed by atoms with van der Waals surface area (Å²) < 4.78 is 4.95. The quantitative estimate of drug-likeness (QED) is 0.521. The molecule has 7 nitrogen and oxygen atoms in total. The molecule has 19 heavy (non-hydrogen) atoms. The van der Waals surface area contributed by atoms with Crippen LogP contribution in [0.3, 0.4) is 0 Å². The Balaban J connectivity index is 3.56. The maximum absolute atomic E-state index is 11.4. The molecule has 0 radical (unpaired) electrons. The molecule has 0 spiro atoms. The van der Waals surface area contributed by atoms with E-state index in [1.54, 1.807) is 14.0 Å². The van der Waals surface area contributed by atoms with E-state index in [1.165, 1.54) is 0 Å². The highest BCUT2D eigenvalue weighted by molar-refractivity contribution is 5.74. The van der Waals surface area contributed by atoms with Crippen molar-refractivity contribution in [3.63, 3.8) is 0 Å². The van der Waals surface area contributed by atoms with Gasteiger partial charge in [0.1, 0.15) is 0 Å². The van der Waals surface area contributed by atoms with E-state index in [0.29, 0.717) is 19.7 Å². The van der Waals surface area contributed by atoms with Crippen LogP contribution in [0.2, 0.25) is 0 Å². The van der Waals surface area contributed by atoms with Crippen LogP contribution in [-0.4, -0.2) is 69.0 Å². The smallest absolute Gasteiger partial charge is 0.314 e. The van der Waals surface area contributed by atoms with Gasteiger partial charge in [-0.3, -0.25) is 4.79 Å². The normalized spacial score (nSPS) is 12.2. The van der Waals surface area contributed by atoms with Crippen LogP contribution in [0, 0.1) is 5.92 Å². The maximum Gasteiger partial charge on any atom is 0.314 e. The van der Waals surface area contributed by atoms with E-state index in [-0.39, 0.29) is 18.4 Å². The van der Waals surface area contributed by atoms with Crippen LogP contribution in [-0.2, 0) is 9.53 Å². The number of ether oxygens (including phenoxy) is 1. The molecule has 0 rings (SSSR count). The number of amides is 2. The summed E-state index contributed by atoms with van der Waals surface area (Å²) in [5.74, 6) is -0.929. The summed E-state index contributed by atoms with van der Waals surface area (Å²) in [6.07, 6.45) is 0.0556. The predicted octanol–water partition coefficient (Wildman–Crippen LogP) is -0.0254. The maximum atomic E-state index is 11.4. The second-order valence-electron chi connectivity index (χ2n) is 4.64. The molecule has 0 aliphatic rings. The van der Waals surface area contributed by atoms with Gasteiger partial charge in [0, 0.05) is 39.7 Å². The molecule has 7 heteroatoms. The highest BCUT2D eigenvalue weighted by atomic mass is 16.5. The minimum Gasteiger partial charge on any atom is -0.481 e. The van der Waals surface area contributed by atoms with Gasteiger partial charge in [-0.2, -0.15) is 0 Å². The predicted molar refractivity (Wildman–Crippen MR) is 72.2 cm³/mol. The van der Waals surface area contributed by atoms with Crippen molar-refractivity contribution in [1.29, 1.82) is 0 Å². The van der Waals surface area contributed by atoms with Gasteiger partial charge in [0.25, 0.3) is 0 Å². The summed E-state index contributed by atoms with van der Waals surface area (Å²) >= 11 is 0. The molecule has 0 aromatic carbocycles. The summed E-state index contributed by atoms with van der Waals surface area (Å²) in [6, 6.07) is -0.266. The lowest BCUT2D eigenvalue weighted by Crippen LogP contribution is -2.41. The zero-order valence-corrected chi connectivity index (χ0v) is 11.9. The summed E-state index contributed by atoms with van der Waals surface area (Å²) in [4.78, 5) is 23.9. The number of methoxy groups -OCH3 is 1. The number of urea groups is 1. The van der Waals surface area contributed by atoms with E-state index in [9.17, 15) is 9.59 Å². The van der Waals surface area contributed by atoms with Gasteiger partial charge in [0.2, 0.25) is 0 Å². The lowest BCUT2D eigenvalue weighted by molar-refractivity contribution is -0.137. The minimum atomic E-state index is -0.852. The number of carboxylic acids is 1. The molecule has 0 aliphatic carbocycles. The second-order valence-corrected chi connectivity index (χ2v) is 4.64. The average Bonchev–Trinajstić information content (AvgIpc) is 2.33. The fourth-order valence-corrected chi connectivity index (χ4v) is 1.42. The Morgan fingerprint density at radius 2 is 2.00 bits per heavy atom. The molecule has 0 saturated heterocycles. The molecule has 3 N–H and O–H groups in total. The van der Waals surface area contributed by atoms with Crippen molar-refractivity contribution < 1.29 is 19.4 Å². The van der Waals surface area contributed by atoms with Crippen LogP contribution in [0.15, 0.2) is 0 Å². The van der Waals surface area contributed by atoms with Crippen LogP contribution in [0.1, 0.15) is 13.3 Å². The molecule has 2 amide bonds. The molecule has 0 aromatic rings. The van der Waals surface area contributed by atoms with E-state index >= 15 is 0 Å². The number of aliphatic carboxylic acids is 1.